The predicted octanol–water partition coefficient (Wildman–Crippen LogP) is 2.25. The molecule has 0 saturated heterocycles. The Balaban J connectivity index is 2.19. The van der Waals surface area contributed by atoms with E-state index < -0.39 is 15.1 Å². The van der Waals surface area contributed by atoms with Crippen LogP contribution in [0.4, 0.5) is 0 Å². The number of ether oxygens (including phenoxy) is 1. The highest BCUT2D eigenvalue weighted by Gasteiger charge is 2.23. The second kappa shape index (κ2) is 7.25. The van der Waals surface area contributed by atoms with Gasteiger partial charge in [-0.05, 0) is 35.4 Å². The van der Waals surface area contributed by atoms with Gasteiger partial charge < -0.3 is 29.3 Å². The molecule has 7 heteroatoms. The SMILES string of the molecule is CC(C)(c1ccc(OC(O)O)cc1)c1ccc(OP(O)O)cc1. The number of benzene rings is 2. The van der Waals surface area contributed by atoms with Crippen molar-refractivity contribution >= 4 is 8.60 Å². The van der Waals surface area contributed by atoms with Crippen LogP contribution in [0.1, 0.15) is 25.0 Å². The van der Waals surface area contributed by atoms with Crippen LogP contribution in [0, 0.1) is 0 Å². The van der Waals surface area contributed by atoms with Gasteiger partial charge in [-0.3, -0.25) is 0 Å². The van der Waals surface area contributed by atoms with E-state index in [-0.39, 0.29) is 5.41 Å². The van der Waals surface area contributed by atoms with E-state index in [0.29, 0.717) is 11.5 Å². The van der Waals surface area contributed by atoms with Gasteiger partial charge in [-0.25, -0.2) is 0 Å². The van der Waals surface area contributed by atoms with Crippen LogP contribution in [0.15, 0.2) is 48.5 Å². The van der Waals surface area contributed by atoms with Crippen molar-refractivity contribution in [2.75, 3.05) is 0 Å². The summed E-state index contributed by atoms with van der Waals surface area (Å²) in [5.41, 5.74) is 1.72. The molecule has 0 radical (unpaired) electrons. The summed E-state index contributed by atoms with van der Waals surface area (Å²) in [6.07, 6.45) is 0. The molecule has 2 aromatic carbocycles. The average molecular weight is 338 g/mol. The van der Waals surface area contributed by atoms with Crippen LogP contribution >= 0.6 is 8.60 Å². The predicted molar refractivity (Wildman–Crippen MR) is 85.9 cm³/mol. The van der Waals surface area contributed by atoms with Crippen molar-refractivity contribution in [2.24, 2.45) is 0 Å². The molecule has 2 rings (SSSR count). The molecule has 0 atom stereocenters. The summed E-state index contributed by atoms with van der Waals surface area (Å²) in [5.74, 6) is 0.754. The lowest BCUT2D eigenvalue weighted by atomic mass is 9.78. The molecule has 0 aromatic heterocycles. The Morgan fingerprint density at radius 3 is 1.65 bits per heavy atom. The Morgan fingerprint density at radius 2 is 1.26 bits per heavy atom. The molecule has 124 valence electrons. The molecule has 2 aromatic rings. The maximum Gasteiger partial charge on any atom is 0.391 e. The zero-order valence-corrected chi connectivity index (χ0v) is 13.6. The van der Waals surface area contributed by atoms with E-state index in [9.17, 15) is 0 Å². The molecule has 0 aliphatic heterocycles. The fourth-order valence-corrected chi connectivity index (χ4v) is 2.58. The fourth-order valence-electron chi connectivity index (χ4n) is 2.27. The molecule has 0 aliphatic carbocycles. The molecule has 4 N–H and O–H groups in total. The van der Waals surface area contributed by atoms with Gasteiger partial charge in [0, 0.05) is 5.41 Å². The highest BCUT2D eigenvalue weighted by Crippen LogP contribution is 2.35. The quantitative estimate of drug-likeness (QED) is 0.476. The standard InChI is InChI=1S/C16H19O6P/c1-16(2,11-3-7-13(8-4-11)21-15(17)18)12-5-9-14(10-6-12)22-23(19)20/h3-10,15,17-20H,1-2H3. The first-order valence-electron chi connectivity index (χ1n) is 6.89. The molecule has 23 heavy (non-hydrogen) atoms. The van der Waals surface area contributed by atoms with Gasteiger partial charge in [0.05, 0.1) is 0 Å². The second-order valence-corrected chi connectivity index (χ2v) is 6.15. The van der Waals surface area contributed by atoms with E-state index in [1.807, 2.05) is 38.1 Å². The summed E-state index contributed by atoms with van der Waals surface area (Å²) in [7, 11) is -2.42. The Kier molecular flexibility index (Phi) is 5.57. The first-order chi connectivity index (χ1) is 10.8. The molecule has 0 fully saturated rings. The molecule has 0 amide bonds. The fraction of sp³-hybridized carbons (Fsp3) is 0.250. The minimum atomic E-state index is -2.42. The molecule has 0 aliphatic rings. The van der Waals surface area contributed by atoms with Crippen LogP contribution in [0.5, 0.6) is 11.5 Å². The molecule has 6 nitrogen and oxygen atoms in total. The summed E-state index contributed by atoms with van der Waals surface area (Å²) in [6, 6.07) is 14.1. The Labute approximate surface area is 135 Å². The molecule has 0 saturated carbocycles. The molecular formula is C16H19O6P. The van der Waals surface area contributed by atoms with Gasteiger partial charge in [-0.2, -0.15) is 0 Å². The van der Waals surface area contributed by atoms with Gasteiger partial charge in [0.2, 0.25) is 0 Å². The normalized spacial score (nSPS) is 11.8. The third-order valence-electron chi connectivity index (χ3n) is 3.58. The number of aliphatic hydroxyl groups is 2. The Hall–Kier alpha value is -1.69. The van der Waals surface area contributed by atoms with Gasteiger partial charge in [0.1, 0.15) is 11.5 Å². The molecular weight excluding hydrogens is 319 g/mol. The Morgan fingerprint density at radius 1 is 0.826 bits per heavy atom. The lowest BCUT2D eigenvalue weighted by Gasteiger charge is -2.26. The summed E-state index contributed by atoms with van der Waals surface area (Å²) in [5, 5.41) is 17.6. The summed E-state index contributed by atoms with van der Waals surface area (Å²) < 4.78 is 9.64. The van der Waals surface area contributed by atoms with Crippen LogP contribution in [0.25, 0.3) is 0 Å². The van der Waals surface area contributed by atoms with E-state index in [1.165, 1.54) is 0 Å². The number of hydrogen-bond donors (Lipinski definition) is 4. The van der Waals surface area contributed by atoms with Gasteiger partial charge in [0.25, 0.3) is 0 Å². The lowest BCUT2D eigenvalue weighted by Crippen LogP contribution is -2.19. The highest BCUT2D eigenvalue weighted by molar-refractivity contribution is 7.39. The lowest BCUT2D eigenvalue weighted by molar-refractivity contribution is -0.179. The second-order valence-electron chi connectivity index (χ2n) is 5.46. The summed E-state index contributed by atoms with van der Waals surface area (Å²) in [6.45, 7) is 2.25. The first-order valence-corrected chi connectivity index (χ1v) is 8.05. The monoisotopic (exact) mass is 338 g/mol. The number of rotatable bonds is 6. The van der Waals surface area contributed by atoms with Crippen molar-refractivity contribution in [3.05, 3.63) is 59.7 Å². The first kappa shape index (κ1) is 17.7. The van der Waals surface area contributed by atoms with Crippen LogP contribution in [-0.2, 0) is 5.41 Å². The smallest absolute Gasteiger partial charge is 0.391 e. The van der Waals surface area contributed by atoms with Crippen LogP contribution in [0.2, 0.25) is 0 Å². The third-order valence-corrected chi connectivity index (χ3v) is 3.95. The van der Waals surface area contributed by atoms with Gasteiger partial charge >= 0.3 is 15.1 Å². The van der Waals surface area contributed by atoms with Crippen molar-refractivity contribution in [1.29, 1.82) is 0 Å². The van der Waals surface area contributed by atoms with E-state index >= 15 is 0 Å². The van der Waals surface area contributed by atoms with Gasteiger partial charge in [-0.15, -0.1) is 0 Å². The van der Waals surface area contributed by atoms with Crippen molar-refractivity contribution in [2.45, 2.75) is 25.7 Å². The molecule has 0 unspecified atom stereocenters. The maximum atomic E-state index is 8.85. The third kappa shape index (κ3) is 4.64. The highest BCUT2D eigenvalue weighted by atomic mass is 31.2. The molecule has 0 heterocycles. The van der Waals surface area contributed by atoms with Gasteiger partial charge in [0.15, 0.2) is 0 Å². The van der Waals surface area contributed by atoms with E-state index in [2.05, 4.69) is 0 Å². The molecule has 0 spiro atoms. The summed E-state index contributed by atoms with van der Waals surface area (Å²) in [4.78, 5) is 17.7. The number of aliphatic hydroxyl groups excluding tert-OH is 1. The van der Waals surface area contributed by atoms with E-state index in [1.54, 1.807) is 24.3 Å². The van der Waals surface area contributed by atoms with Crippen molar-refractivity contribution in [3.8, 4) is 11.5 Å². The van der Waals surface area contributed by atoms with Crippen molar-refractivity contribution in [3.63, 3.8) is 0 Å². The van der Waals surface area contributed by atoms with Crippen molar-refractivity contribution < 1.29 is 29.3 Å². The molecule has 0 bridgehead atoms. The minimum Gasteiger partial charge on any atom is -0.442 e. The largest absolute Gasteiger partial charge is 0.442 e. The van der Waals surface area contributed by atoms with Gasteiger partial charge in [-0.1, -0.05) is 38.1 Å². The number of hydrogen-bond acceptors (Lipinski definition) is 6. The maximum absolute atomic E-state index is 8.85. The van der Waals surface area contributed by atoms with Crippen LogP contribution < -0.4 is 9.26 Å². The zero-order chi connectivity index (χ0) is 17.0. The van der Waals surface area contributed by atoms with Crippen LogP contribution in [-0.4, -0.2) is 26.5 Å². The van der Waals surface area contributed by atoms with Crippen LogP contribution in [0.3, 0.4) is 0 Å². The van der Waals surface area contributed by atoms with E-state index in [4.69, 9.17) is 29.3 Å². The zero-order valence-electron chi connectivity index (χ0n) is 12.7. The average Bonchev–Trinajstić information content (AvgIpc) is 2.47. The minimum absolute atomic E-state index is 0.307. The topological polar surface area (TPSA) is 99.4 Å². The van der Waals surface area contributed by atoms with E-state index in [0.717, 1.165) is 11.1 Å². The van der Waals surface area contributed by atoms with Crippen molar-refractivity contribution in [1.82, 2.24) is 0 Å². The summed E-state index contributed by atoms with van der Waals surface area (Å²) >= 11 is 0. The Bertz CT molecular complexity index is 567.